The highest BCUT2D eigenvalue weighted by atomic mass is 16.5. The summed E-state index contributed by atoms with van der Waals surface area (Å²) in [5.41, 5.74) is 2.29. The van der Waals surface area contributed by atoms with E-state index in [1.165, 1.54) is 0 Å². The summed E-state index contributed by atoms with van der Waals surface area (Å²) in [6.45, 7) is 3.11. The van der Waals surface area contributed by atoms with Crippen molar-refractivity contribution in [2.45, 2.75) is 18.6 Å². The van der Waals surface area contributed by atoms with Crippen molar-refractivity contribution in [2.75, 3.05) is 26.3 Å². The van der Waals surface area contributed by atoms with Crippen molar-refractivity contribution in [1.29, 1.82) is 0 Å². The lowest BCUT2D eigenvalue weighted by molar-refractivity contribution is -0.129. The number of nitrogens with zero attached hydrogens (tertiary/aromatic N) is 2. The van der Waals surface area contributed by atoms with Crippen molar-refractivity contribution in [3.63, 3.8) is 0 Å². The summed E-state index contributed by atoms with van der Waals surface area (Å²) in [5, 5.41) is 1.05. The van der Waals surface area contributed by atoms with Gasteiger partial charge in [-0.05, 0) is 30.7 Å². The largest absolute Gasteiger partial charge is 0.375 e. The third kappa shape index (κ3) is 3.08. The number of aromatic amines is 1. The molecule has 1 atom stereocenters. The van der Waals surface area contributed by atoms with Crippen molar-refractivity contribution >= 4 is 16.8 Å². The molecular weight excluding hydrogens is 354 g/mol. The average Bonchev–Trinajstić information content (AvgIpc) is 3.31. The lowest BCUT2D eigenvalue weighted by Gasteiger charge is -2.50. The molecule has 2 aliphatic heterocycles. The molecule has 6 nitrogen and oxygen atoms in total. The number of amides is 1. The van der Waals surface area contributed by atoms with Crippen LogP contribution in [-0.2, 0) is 16.1 Å². The van der Waals surface area contributed by atoms with Crippen molar-refractivity contribution in [3.8, 4) is 0 Å². The molecule has 0 aliphatic carbocycles. The number of likely N-dealkylation sites (tertiary alicyclic amines) is 1. The lowest BCUT2D eigenvalue weighted by atomic mass is 9.81. The van der Waals surface area contributed by atoms with Crippen LogP contribution >= 0.6 is 0 Å². The molecule has 0 radical (unpaired) electrons. The minimum atomic E-state index is -0.258. The number of para-hydroxylation sites is 1. The van der Waals surface area contributed by atoms with Gasteiger partial charge < -0.3 is 19.4 Å². The minimum Gasteiger partial charge on any atom is -0.375 e. The van der Waals surface area contributed by atoms with Gasteiger partial charge in [-0.1, -0.05) is 24.3 Å². The number of pyridine rings is 1. The summed E-state index contributed by atoms with van der Waals surface area (Å²) in [6.07, 6.45) is 2.74. The van der Waals surface area contributed by atoms with Crippen LogP contribution in [0.15, 0.2) is 54.7 Å². The van der Waals surface area contributed by atoms with Gasteiger partial charge in [0.25, 0.3) is 5.91 Å². The number of nitrogens with one attached hydrogen (secondary N) is 1. The Kier molecular flexibility index (Phi) is 4.37. The molecule has 1 N–H and O–H groups in total. The van der Waals surface area contributed by atoms with Gasteiger partial charge in [0.05, 0.1) is 32.0 Å². The molecule has 144 valence electrons. The average molecular weight is 377 g/mol. The van der Waals surface area contributed by atoms with Crippen LogP contribution in [0.25, 0.3) is 10.9 Å². The summed E-state index contributed by atoms with van der Waals surface area (Å²) in [7, 11) is 0. The SMILES string of the molecule is O=C(c1cc2ccccc2[nH]1)N1CC2(C1)OCCC2COCc1ccccn1. The van der Waals surface area contributed by atoms with Crippen LogP contribution in [0, 0.1) is 5.92 Å². The Hall–Kier alpha value is -2.70. The quantitative estimate of drug-likeness (QED) is 0.742. The van der Waals surface area contributed by atoms with Crippen molar-refractivity contribution in [3.05, 3.63) is 66.1 Å². The molecule has 1 unspecified atom stereocenters. The van der Waals surface area contributed by atoms with E-state index in [1.54, 1.807) is 6.20 Å². The predicted octanol–water partition coefficient (Wildman–Crippen LogP) is 3.01. The number of hydrogen-bond acceptors (Lipinski definition) is 4. The predicted molar refractivity (Wildman–Crippen MR) is 105 cm³/mol. The fraction of sp³-hybridized carbons (Fsp3) is 0.364. The molecule has 6 heteroatoms. The van der Waals surface area contributed by atoms with Gasteiger partial charge in [0, 0.05) is 29.6 Å². The first-order chi connectivity index (χ1) is 13.7. The molecular formula is C22H23N3O3. The van der Waals surface area contributed by atoms with E-state index in [-0.39, 0.29) is 11.5 Å². The number of aromatic nitrogens is 2. The second-order valence-electron chi connectivity index (χ2n) is 7.67. The molecule has 2 aliphatic rings. The Labute approximate surface area is 163 Å². The van der Waals surface area contributed by atoms with Gasteiger partial charge in [0.1, 0.15) is 11.3 Å². The summed E-state index contributed by atoms with van der Waals surface area (Å²) in [6, 6.07) is 15.7. The monoisotopic (exact) mass is 377 g/mol. The molecule has 1 amide bonds. The number of fused-ring (bicyclic) bond motifs is 1. The molecule has 1 spiro atoms. The highest BCUT2D eigenvalue weighted by Crippen LogP contribution is 2.40. The zero-order valence-corrected chi connectivity index (χ0v) is 15.6. The second kappa shape index (κ2) is 7.04. The Morgan fingerprint density at radius 1 is 1.25 bits per heavy atom. The molecule has 2 fully saturated rings. The number of carbonyl (C=O) groups excluding carboxylic acids is 1. The lowest BCUT2D eigenvalue weighted by Crippen LogP contribution is -2.66. The van der Waals surface area contributed by atoms with Gasteiger partial charge in [-0.3, -0.25) is 9.78 Å². The van der Waals surface area contributed by atoms with Crippen LogP contribution in [0.2, 0.25) is 0 Å². The highest BCUT2D eigenvalue weighted by molar-refractivity contribution is 5.98. The molecule has 28 heavy (non-hydrogen) atoms. The molecule has 0 saturated carbocycles. The second-order valence-corrected chi connectivity index (χ2v) is 7.67. The van der Waals surface area contributed by atoms with E-state index in [0.717, 1.165) is 29.6 Å². The summed E-state index contributed by atoms with van der Waals surface area (Å²) in [5.74, 6) is 0.341. The Morgan fingerprint density at radius 2 is 2.11 bits per heavy atom. The number of H-pyrrole nitrogens is 1. The zero-order valence-electron chi connectivity index (χ0n) is 15.6. The van der Waals surface area contributed by atoms with Gasteiger partial charge in [0.2, 0.25) is 0 Å². The van der Waals surface area contributed by atoms with Gasteiger partial charge in [0.15, 0.2) is 0 Å². The van der Waals surface area contributed by atoms with Gasteiger partial charge in [-0.2, -0.15) is 0 Å². The molecule has 2 aromatic heterocycles. The highest BCUT2D eigenvalue weighted by Gasteiger charge is 2.54. The molecule has 0 bridgehead atoms. The standard InChI is InChI=1S/C22H23N3O3/c26-21(20-11-16-5-1-2-7-19(16)24-20)25-14-22(15-25)17(8-10-28-22)12-27-13-18-6-3-4-9-23-18/h1-7,9,11,17,24H,8,10,12-15H2. The first kappa shape index (κ1) is 17.4. The van der Waals surface area contributed by atoms with E-state index in [0.29, 0.717) is 37.9 Å². The Balaban J connectivity index is 1.19. The van der Waals surface area contributed by atoms with Gasteiger partial charge in [-0.25, -0.2) is 0 Å². The van der Waals surface area contributed by atoms with Crippen LogP contribution in [0.5, 0.6) is 0 Å². The van der Waals surface area contributed by atoms with Crippen LogP contribution in [0.3, 0.4) is 0 Å². The zero-order chi connectivity index (χ0) is 19.0. The third-order valence-electron chi connectivity index (χ3n) is 5.86. The first-order valence-corrected chi connectivity index (χ1v) is 9.72. The van der Waals surface area contributed by atoms with Crippen molar-refractivity contribution in [2.24, 2.45) is 5.92 Å². The third-order valence-corrected chi connectivity index (χ3v) is 5.86. The van der Waals surface area contributed by atoms with Crippen LogP contribution in [-0.4, -0.2) is 52.7 Å². The van der Waals surface area contributed by atoms with E-state index in [9.17, 15) is 4.79 Å². The Morgan fingerprint density at radius 3 is 2.93 bits per heavy atom. The van der Waals surface area contributed by atoms with Crippen LogP contribution in [0.1, 0.15) is 22.6 Å². The topological polar surface area (TPSA) is 67.5 Å². The molecule has 2 saturated heterocycles. The molecule has 4 heterocycles. The van der Waals surface area contributed by atoms with Crippen molar-refractivity contribution < 1.29 is 14.3 Å². The first-order valence-electron chi connectivity index (χ1n) is 9.72. The maximum Gasteiger partial charge on any atom is 0.270 e. The Bertz CT molecular complexity index is 946. The van der Waals surface area contributed by atoms with E-state index in [4.69, 9.17) is 9.47 Å². The van der Waals surface area contributed by atoms with Gasteiger partial charge >= 0.3 is 0 Å². The summed E-state index contributed by atoms with van der Waals surface area (Å²) < 4.78 is 12.0. The number of ether oxygens (including phenoxy) is 2. The molecule has 3 aromatic rings. The normalized spacial score (nSPS) is 20.6. The van der Waals surface area contributed by atoms with E-state index in [1.807, 2.05) is 53.4 Å². The fourth-order valence-corrected chi connectivity index (χ4v) is 4.26. The van der Waals surface area contributed by atoms with Crippen LogP contribution in [0.4, 0.5) is 0 Å². The molecule has 1 aromatic carbocycles. The smallest absolute Gasteiger partial charge is 0.270 e. The van der Waals surface area contributed by atoms with E-state index in [2.05, 4.69) is 9.97 Å². The van der Waals surface area contributed by atoms with Crippen molar-refractivity contribution in [1.82, 2.24) is 14.9 Å². The number of carbonyl (C=O) groups is 1. The van der Waals surface area contributed by atoms with E-state index < -0.39 is 0 Å². The number of hydrogen-bond donors (Lipinski definition) is 1. The fourth-order valence-electron chi connectivity index (χ4n) is 4.26. The van der Waals surface area contributed by atoms with Gasteiger partial charge in [-0.15, -0.1) is 0 Å². The van der Waals surface area contributed by atoms with E-state index >= 15 is 0 Å². The maximum atomic E-state index is 12.8. The van der Waals surface area contributed by atoms with Crippen LogP contribution < -0.4 is 0 Å². The molecule has 5 rings (SSSR count). The summed E-state index contributed by atoms with van der Waals surface area (Å²) in [4.78, 5) is 22.2. The number of benzene rings is 1. The minimum absolute atomic E-state index is 0.0329. The summed E-state index contributed by atoms with van der Waals surface area (Å²) >= 11 is 0. The number of rotatable bonds is 5. The maximum absolute atomic E-state index is 12.8.